The molecule has 0 atom stereocenters. The zero-order valence-electron chi connectivity index (χ0n) is 13.2. The van der Waals surface area contributed by atoms with E-state index in [0.29, 0.717) is 13.1 Å². The average Bonchev–Trinajstić information content (AvgIpc) is 3.03. The highest BCUT2D eigenvalue weighted by atomic mass is 35.5. The van der Waals surface area contributed by atoms with Crippen molar-refractivity contribution in [3.05, 3.63) is 52.7 Å². The minimum absolute atomic E-state index is 0.0124. The first-order valence-electron chi connectivity index (χ1n) is 7.55. The summed E-state index contributed by atoms with van der Waals surface area (Å²) in [6, 6.07) is 5.82. The van der Waals surface area contributed by atoms with Gasteiger partial charge in [-0.15, -0.1) is 0 Å². The van der Waals surface area contributed by atoms with Crippen LogP contribution in [0.4, 0.5) is 0 Å². The molecule has 6 heteroatoms. The van der Waals surface area contributed by atoms with Gasteiger partial charge in [0.15, 0.2) is 0 Å². The number of carbonyl (C=O) groups excluding carboxylic acids is 1. The minimum Gasteiger partial charge on any atom is -0.358 e. The van der Waals surface area contributed by atoms with Crippen molar-refractivity contribution < 1.29 is 4.79 Å². The molecule has 0 saturated heterocycles. The average molecular weight is 331 g/mol. The van der Waals surface area contributed by atoms with Gasteiger partial charge in [-0.2, -0.15) is 0 Å². The van der Waals surface area contributed by atoms with E-state index in [2.05, 4.69) is 15.3 Å². The molecule has 0 spiro atoms. The van der Waals surface area contributed by atoms with Crippen LogP contribution in [-0.4, -0.2) is 27.0 Å². The number of imidazole rings is 1. The van der Waals surface area contributed by atoms with E-state index >= 15 is 0 Å². The zero-order valence-corrected chi connectivity index (χ0v) is 13.9. The summed E-state index contributed by atoms with van der Waals surface area (Å²) >= 11 is 6.09. The molecule has 1 amide bonds. The molecule has 0 aliphatic carbocycles. The van der Waals surface area contributed by atoms with Gasteiger partial charge in [0.25, 0.3) is 0 Å². The number of fused-ring (bicyclic) bond motifs is 1. The summed E-state index contributed by atoms with van der Waals surface area (Å²) in [7, 11) is 0. The van der Waals surface area contributed by atoms with Crippen molar-refractivity contribution in [2.45, 2.75) is 26.8 Å². The summed E-state index contributed by atoms with van der Waals surface area (Å²) in [4.78, 5) is 19.5. The Morgan fingerprint density at radius 2 is 2.22 bits per heavy atom. The molecular weight excluding hydrogens is 312 g/mol. The predicted molar refractivity (Wildman–Crippen MR) is 91.7 cm³/mol. The van der Waals surface area contributed by atoms with E-state index < -0.39 is 0 Å². The second-order valence-corrected chi connectivity index (χ2v) is 6.06. The molecule has 1 aromatic carbocycles. The number of hydrogen-bond acceptors (Lipinski definition) is 2. The van der Waals surface area contributed by atoms with Gasteiger partial charge in [0.2, 0.25) is 5.91 Å². The van der Waals surface area contributed by atoms with Gasteiger partial charge in [-0.05, 0) is 44.0 Å². The molecule has 0 fully saturated rings. The van der Waals surface area contributed by atoms with E-state index in [4.69, 9.17) is 11.6 Å². The number of aromatic amines is 1. The Morgan fingerprint density at radius 3 is 2.96 bits per heavy atom. The van der Waals surface area contributed by atoms with Crippen LogP contribution in [-0.2, 0) is 17.8 Å². The number of nitrogens with zero attached hydrogens (tertiary/aromatic N) is 2. The smallest absolute Gasteiger partial charge is 0.239 e. The third-order valence-corrected chi connectivity index (χ3v) is 4.25. The Balaban J connectivity index is 1.62. The molecule has 0 saturated carbocycles. The molecule has 0 aliphatic heterocycles. The van der Waals surface area contributed by atoms with Crippen molar-refractivity contribution in [1.29, 1.82) is 0 Å². The fraction of sp³-hybridized carbons (Fsp3) is 0.294. The molecule has 2 heterocycles. The largest absolute Gasteiger partial charge is 0.358 e. The Labute approximate surface area is 139 Å². The van der Waals surface area contributed by atoms with Crippen molar-refractivity contribution in [1.82, 2.24) is 19.9 Å². The van der Waals surface area contributed by atoms with Gasteiger partial charge in [-0.25, -0.2) is 4.98 Å². The summed E-state index contributed by atoms with van der Waals surface area (Å²) in [5.74, 6) is 0.823. The van der Waals surface area contributed by atoms with Gasteiger partial charge in [0.05, 0.1) is 0 Å². The van der Waals surface area contributed by atoms with E-state index in [9.17, 15) is 4.79 Å². The van der Waals surface area contributed by atoms with Crippen LogP contribution in [0.1, 0.15) is 17.1 Å². The quantitative estimate of drug-likeness (QED) is 0.755. The van der Waals surface area contributed by atoms with Crippen molar-refractivity contribution in [3.8, 4) is 0 Å². The highest BCUT2D eigenvalue weighted by Gasteiger charge is 2.10. The van der Waals surface area contributed by atoms with Gasteiger partial charge in [0, 0.05) is 40.6 Å². The number of H-pyrrole nitrogens is 1. The predicted octanol–water partition coefficient (Wildman–Crippen LogP) is 2.99. The van der Waals surface area contributed by atoms with Crippen LogP contribution in [0, 0.1) is 13.8 Å². The van der Waals surface area contributed by atoms with Crippen molar-refractivity contribution in [3.63, 3.8) is 0 Å². The Morgan fingerprint density at radius 1 is 1.39 bits per heavy atom. The van der Waals surface area contributed by atoms with Crippen LogP contribution in [0.2, 0.25) is 5.02 Å². The lowest BCUT2D eigenvalue weighted by Crippen LogP contribution is -2.29. The number of hydrogen-bond donors (Lipinski definition) is 2. The number of rotatable bonds is 5. The van der Waals surface area contributed by atoms with Crippen LogP contribution >= 0.6 is 11.6 Å². The number of amides is 1. The van der Waals surface area contributed by atoms with Gasteiger partial charge < -0.3 is 14.9 Å². The molecule has 120 valence electrons. The summed E-state index contributed by atoms with van der Waals surface area (Å²) in [5.41, 5.74) is 3.38. The molecule has 0 bridgehead atoms. The van der Waals surface area contributed by atoms with E-state index in [1.165, 1.54) is 5.56 Å². The number of halogens is 1. The maximum atomic E-state index is 12.0. The van der Waals surface area contributed by atoms with Crippen molar-refractivity contribution >= 4 is 28.4 Å². The third kappa shape index (κ3) is 3.40. The van der Waals surface area contributed by atoms with Gasteiger partial charge >= 0.3 is 0 Å². The first-order chi connectivity index (χ1) is 11.0. The lowest BCUT2D eigenvalue weighted by molar-refractivity contribution is -0.121. The summed E-state index contributed by atoms with van der Waals surface area (Å²) in [6.45, 7) is 4.81. The maximum Gasteiger partial charge on any atom is 0.239 e. The lowest BCUT2D eigenvalue weighted by Gasteiger charge is -2.07. The Hall–Kier alpha value is -2.27. The van der Waals surface area contributed by atoms with Crippen LogP contribution < -0.4 is 5.32 Å². The molecule has 5 nitrogen and oxygen atoms in total. The molecule has 2 aromatic heterocycles. The molecule has 3 rings (SSSR count). The van der Waals surface area contributed by atoms with Crippen molar-refractivity contribution in [2.75, 3.05) is 6.54 Å². The normalized spacial score (nSPS) is 11.1. The fourth-order valence-corrected chi connectivity index (χ4v) is 2.96. The first-order valence-corrected chi connectivity index (χ1v) is 7.93. The fourth-order valence-electron chi connectivity index (χ4n) is 2.79. The number of aryl methyl sites for hydroxylation is 2. The maximum absolute atomic E-state index is 12.0. The number of aromatic nitrogens is 3. The van der Waals surface area contributed by atoms with Crippen LogP contribution in [0.5, 0.6) is 0 Å². The second-order valence-electron chi connectivity index (χ2n) is 5.62. The highest BCUT2D eigenvalue weighted by Crippen LogP contribution is 2.25. The summed E-state index contributed by atoms with van der Waals surface area (Å²) in [5, 5.41) is 4.80. The monoisotopic (exact) mass is 330 g/mol. The molecular formula is C17H19ClN4O. The highest BCUT2D eigenvalue weighted by molar-refractivity contribution is 6.31. The van der Waals surface area contributed by atoms with E-state index in [1.807, 2.05) is 36.6 Å². The molecule has 0 radical (unpaired) electrons. The molecule has 23 heavy (non-hydrogen) atoms. The summed E-state index contributed by atoms with van der Waals surface area (Å²) in [6.07, 6.45) is 4.27. The zero-order chi connectivity index (χ0) is 16.4. The Bertz CT molecular complexity index is 850. The lowest BCUT2D eigenvalue weighted by atomic mass is 10.1. The number of nitrogens with one attached hydrogen (secondary N) is 2. The van der Waals surface area contributed by atoms with Crippen LogP contribution in [0.15, 0.2) is 30.6 Å². The SMILES string of the molecule is Cc1[nH]c2ccc(Cl)cc2c1CCNC(=O)Cn1ccnc1C. The van der Waals surface area contributed by atoms with Gasteiger partial charge in [-0.1, -0.05) is 11.6 Å². The van der Waals surface area contributed by atoms with E-state index in [-0.39, 0.29) is 5.91 Å². The minimum atomic E-state index is -0.0124. The number of benzene rings is 1. The van der Waals surface area contributed by atoms with E-state index in [1.54, 1.807) is 12.4 Å². The van der Waals surface area contributed by atoms with E-state index in [0.717, 1.165) is 33.9 Å². The van der Waals surface area contributed by atoms with Gasteiger partial charge in [-0.3, -0.25) is 4.79 Å². The molecule has 0 aliphatic rings. The topological polar surface area (TPSA) is 62.7 Å². The van der Waals surface area contributed by atoms with Crippen LogP contribution in [0.25, 0.3) is 10.9 Å². The molecule has 0 unspecified atom stereocenters. The number of carbonyl (C=O) groups is 1. The first kappa shape index (κ1) is 15.6. The standard InChI is InChI=1S/C17H19ClN4O/c1-11-14(15-9-13(18)3-4-16(15)21-11)5-6-20-17(23)10-22-8-7-19-12(22)2/h3-4,7-9,21H,5-6,10H2,1-2H3,(H,20,23). The molecule has 2 N–H and O–H groups in total. The Kier molecular flexibility index (Phi) is 4.39. The third-order valence-electron chi connectivity index (χ3n) is 4.02. The summed E-state index contributed by atoms with van der Waals surface area (Å²) < 4.78 is 1.83. The van der Waals surface area contributed by atoms with Crippen molar-refractivity contribution in [2.24, 2.45) is 0 Å². The molecule has 3 aromatic rings. The second kappa shape index (κ2) is 6.46. The van der Waals surface area contributed by atoms with Gasteiger partial charge in [0.1, 0.15) is 12.4 Å². The van der Waals surface area contributed by atoms with Crippen LogP contribution in [0.3, 0.4) is 0 Å².